The van der Waals surface area contributed by atoms with Crippen molar-refractivity contribution < 1.29 is 33.3 Å². The molecule has 2 aromatic rings. The van der Waals surface area contributed by atoms with Gasteiger partial charge in [-0.25, -0.2) is 9.59 Å². The maximum absolute atomic E-state index is 12.9. The van der Waals surface area contributed by atoms with Crippen LogP contribution in [0.4, 0.5) is 0 Å². The van der Waals surface area contributed by atoms with Gasteiger partial charge in [-0.05, 0) is 67.3 Å². The van der Waals surface area contributed by atoms with Crippen LogP contribution in [0.15, 0.2) is 48.5 Å². The highest BCUT2D eigenvalue weighted by molar-refractivity contribution is 5.91. The minimum atomic E-state index is -0.643. The maximum Gasteiger partial charge on any atom is 0.338 e. The van der Waals surface area contributed by atoms with Crippen LogP contribution in [0.25, 0.3) is 0 Å². The summed E-state index contributed by atoms with van der Waals surface area (Å²) in [4.78, 5) is 38.4. The molecule has 0 aromatic heterocycles. The molecule has 6 unspecified atom stereocenters. The zero-order valence-corrected chi connectivity index (χ0v) is 18.6. The zero-order valence-electron chi connectivity index (χ0n) is 18.6. The minimum absolute atomic E-state index is 0.0160. The van der Waals surface area contributed by atoms with E-state index >= 15 is 0 Å². The maximum atomic E-state index is 12.9. The van der Waals surface area contributed by atoms with Crippen molar-refractivity contribution in [1.29, 1.82) is 0 Å². The number of ether oxygens (including phenoxy) is 4. The molecule has 3 aliphatic carbocycles. The number of ketones is 1. The smallest absolute Gasteiger partial charge is 0.338 e. The highest BCUT2D eigenvalue weighted by atomic mass is 16.6. The normalized spacial score (nSPS) is 29.5. The van der Waals surface area contributed by atoms with Crippen molar-refractivity contribution in [2.24, 2.45) is 23.7 Å². The molecule has 7 nitrogen and oxygen atoms in total. The minimum Gasteiger partial charge on any atom is -0.497 e. The van der Waals surface area contributed by atoms with Crippen LogP contribution >= 0.6 is 0 Å². The fourth-order valence-corrected chi connectivity index (χ4v) is 5.92. The van der Waals surface area contributed by atoms with E-state index in [1.165, 1.54) is 0 Å². The number of hydrogen-bond donors (Lipinski definition) is 0. The van der Waals surface area contributed by atoms with E-state index in [2.05, 4.69) is 0 Å². The summed E-state index contributed by atoms with van der Waals surface area (Å²) in [5.41, 5.74) is 0.783. The first kappa shape index (κ1) is 21.5. The van der Waals surface area contributed by atoms with Gasteiger partial charge in [-0.2, -0.15) is 0 Å². The van der Waals surface area contributed by atoms with Crippen molar-refractivity contribution in [2.75, 3.05) is 14.2 Å². The van der Waals surface area contributed by atoms with Gasteiger partial charge in [0.2, 0.25) is 0 Å². The molecule has 2 aromatic carbocycles. The van der Waals surface area contributed by atoms with Crippen molar-refractivity contribution >= 4 is 17.7 Å². The number of rotatable bonds is 6. The number of methoxy groups -OCH3 is 2. The van der Waals surface area contributed by atoms with Crippen LogP contribution in [-0.2, 0) is 14.3 Å². The first-order valence-electron chi connectivity index (χ1n) is 11.2. The van der Waals surface area contributed by atoms with Gasteiger partial charge in [0.05, 0.1) is 25.3 Å². The number of Topliss-reactive ketones (excluding diaryl/α,β-unsaturated/α-hetero) is 1. The van der Waals surface area contributed by atoms with Gasteiger partial charge in [0.15, 0.2) is 0 Å². The third-order valence-corrected chi connectivity index (χ3v) is 7.42. The lowest BCUT2D eigenvalue weighted by Crippen LogP contribution is -2.46. The second-order valence-corrected chi connectivity index (χ2v) is 8.95. The summed E-state index contributed by atoms with van der Waals surface area (Å²) in [6, 6.07) is 13.3. The van der Waals surface area contributed by atoms with E-state index in [0.29, 0.717) is 29.0 Å². The number of fused-ring (bicyclic) bond motifs is 5. The molecule has 3 saturated carbocycles. The first-order valence-corrected chi connectivity index (χ1v) is 11.2. The molecule has 7 heteroatoms. The number of carbonyl (C=O) groups is 3. The topological polar surface area (TPSA) is 88.1 Å². The van der Waals surface area contributed by atoms with Crippen LogP contribution in [0.1, 0.15) is 40.0 Å². The molecule has 0 spiro atoms. The Morgan fingerprint density at radius 2 is 1.21 bits per heavy atom. The van der Waals surface area contributed by atoms with Gasteiger partial charge in [-0.3, -0.25) is 4.79 Å². The van der Waals surface area contributed by atoms with E-state index < -0.39 is 24.1 Å². The Hall–Kier alpha value is -3.35. The summed E-state index contributed by atoms with van der Waals surface area (Å²) in [5, 5.41) is 0. The van der Waals surface area contributed by atoms with E-state index in [9.17, 15) is 14.4 Å². The fourth-order valence-electron chi connectivity index (χ4n) is 5.92. The molecule has 0 radical (unpaired) electrons. The summed E-state index contributed by atoms with van der Waals surface area (Å²) < 4.78 is 22.2. The quantitative estimate of drug-likeness (QED) is 0.620. The molecule has 6 atom stereocenters. The largest absolute Gasteiger partial charge is 0.497 e. The lowest BCUT2D eigenvalue weighted by Gasteiger charge is -2.36. The highest BCUT2D eigenvalue weighted by Gasteiger charge is 2.64. The third-order valence-electron chi connectivity index (χ3n) is 7.42. The van der Waals surface area contributed by atoms with Gasteiger partial charge in [-0.1, -0.05) is 0 Å². The van der Waals surface area contributed by atoms with Gasteiger partial charge in [0, 0.05) is 24.2 Å². The van der Waals surface area contributed by atoms with Crippen molar-refractivity contribution in [2.45, 2.75) is 31.5 Å². The van der Waals surface area contributed by atoms with E-state index in [4.69, 9.17) is 18.9 Å². The van der Waals surface area contributed by atoms with Crippen molar-refractivity contribution in [3.05, 3.63) is 59.7 Å². The number of carbonyl (C=O) groups excluding carboxylic acids is 3. The van der Waals surface area contributed by atoms with Crippen molar-refractivity contribution in [1.82, 2.24) is 0 Å². The predicted molar refractivity (Wildman–Crippen MR) is 117 cm³/mol. The Kier molecular flexibility index (Phi) is 5.56. The number of hydrogen-bond acceptors (Lipinski definition) is 7. The molecule has 0 heterocycles. The fraction of sp³-hybridized carbons (Fsp3) is 0.423. The van der Waals surface area contributed by atoms with E-state index in [1.54, 1.807) is 62.8 Å². The molecule has 0 amide bonds. The van der Waals surface area contributed by atoms with Crippen LogP contribution < -0.4 is 9.47 Å². The summed E-state index contributed by atoms with van der Waals surface area (Å²) >= 11 is 0. The van der Waals surface area contributed by atoms with Crippen LogP contribution in [0.2, 0.25) is 0 Å². The summed E-state index contributed by atoms with van der Waals surface area (Å²) in [6.45, 7) is 0. The van der Waals surface area contributed by atoms with E-state index in [0.717, 1.165) is 12.8 Å². The van der Waals surface area contributed by atoms with Crippen LogP contribution in [0.5, 0.6) is 11.5 Å². The first-order chi connectivity index (χ1) is 16.0. The number of esters is 2. The Morgan fingerprint density at radius 1 is 0.727 bits per heavy atom. The van der Waals surface area contributed by atoms with E-state index in [1.807, 2.05) is 0 Å². The summed E-state index contributed by atoms with van der Waals surface area (Å²) in [6.07, 6.45) is 0.859. The van der Waals surface area contributed by atoms with Crippen LogP contribution in [-0.4, -0.2) is 44.1 Å². The molecule has 3 fully saturated rings. The van der Waals surface area contributed by atoms with Gasteiger partial charge < -0.3 is 18.9 Å². The average molecular weight is 450 g/mol. The second kappa shape index (κ2) is 8.54. The molecule has 0 saturated heterocycles. The number of benzene rings is 2. The van der Waals surface area contributed by atoms with Crippen molar-refractivity contribution in [3.63, 3.8) is 0 Å². The molecule has 33 heavy (non-hydrogen) atoms. The molecule has 0 aliphatic heterocycles. The van der Waals surface area contributed by atoms with Crippen molar-refractivity contribution in [3.8, 4) is 11.5 Å². The van der Waals surface area contributed by atoms with Gasteiger partial charge >= 0.3 is 11.9 Å². The predicted octanol–water partition coefficient (Wildman–Crippen LogP) is 3.70. The third kappa shape index (κ3) is 3.75. The lowest BCUT2D eigenvalue weighted by atomic mass is 9.78. The molecule has 0 N–H and O–H groups in total. The molecule has 172 valence electrons. The highest BCUT2D eigenvalue weighted by Crippen LogP contribution is 2.59. The monoisotopic (exact) mass is 450 g/mol. The molecular weight excluding hydrogens is 424 g/mol. The van der Waals surface area contributed by atoms with Gasteiger partial charge in [0.1, 0.15) is 29.5 Å². The Labute approximate surface area is 192 Å². The lowest BCUT2D eigenvalue weighted by molar-refractivity contribution is -0.127. The molecule has 5 rings (SSSR count). The zero-order chi connectivity index (χ0) is 23.1. The van der Waals surface area contributed by atoms with Gasteiger partial charge in [-0.15, -0.1) is 0 Å². The Morgan fingerprint density at radius 3 is 1.70 bits per heavy atom. The summed E-state index contributed by atoms with van der Waals surface area (Å²) in [7, 11) is 3.11. The molecular formula is C26H26O7. The molecule has 2 bridgehead atoms. The van der Waals surface area contributed by atoms with E-state index in [-0.39, 0.29) is 29.5 Å². The average Bonchev–Trinajstić information content (AvgIpc) is 3.51. The second-order valence-electron chi connectivity index (χ2n) is 8.95. The standard InChI is InChI=1S/C26H26O7/c1-30-16-7-3-14(4-8-16)25(28)32-23-19-13-20(22-18(19)11-12-21(22)27)24(23)33-26(29)15-5-9-17(31-2)10-6-15/h3-10,18-20,22-24H,11-13H2,1-2H3. The Balaban J connectivity index is 1.37. The van der Waals surface area contributed by atoms with Crippen LogP contribution in [0.3, 0.4) is 0 Å². The van der Waals surface area contributed by atoms with Gasteiger partial charge in [0.25, 0.3) is 0 Å². The SMILES string of the molecule is COc1ccc(C(=O)OC2C3CC(C2OC(=O)c2ccc(OC)cc2)C2C(=O)CCC32)cc1. The molecule has 3 aliphatic rings. The summed E-state index contributed by atoms with van der Waals surface area (Å²) in [5.74, 6) is 0.518. The Bertz CT molecular complexity index is 1060. The van der Waals surface area contributed by atoms with Crippen LogP contribution in [0, 0.1) is 23.7 Å².